The molecule has 2 atom stereocenters. The van der Waals surface area contributed by atoms with E-state index in [1.165, 1.54) is 38.8 Å². The van der Waals surface area contributed by atoms with Crippen LogP contribution in [-0.2, 0) is 0 Å². The zero-order chi connectivity index (χ0) is 9.10. The van der Waals surface area contributed by atoms with Crippen LogP contribution in [0.2, 0.25) is 0 Å². The van der Waals surface area contributed by atoms with Crippen molar-refractivity contribution in [2.24, 2.45) is 5.92 Å². The van der Waals surface area contributed by atoms with E-state index in [9.17, 15) is 0 Å². The Hall–Kier alpha value is 0.0500. The molecule has 0 N–H and O–H groups in total. The number of hydrogen-bond acceptors (Lipinski definition) is 2. The first-order chi connectivity index (χ1) is 6.34. The summed E-state index contributed by atoms with van der Waals surface area (Å²) in [4.78, 5) is 0. The maximum Gasteiger partial charge on any atom is 0.0375 e. The van der Waals surface area contributed by atoms with E-state index < -0.39 is 0 Å². The molecular formula is C11H19NS. The molecule has 2 aliphatic rings. The summed E-state index contributed by atoms with van der Waals surface area (Å²) in [5.41, 5.74) is 0. The molecule has 1 aliphatic heterocycles. The highest BCUT2D eigenvalue weighted by Gasteiger charge is 2.19. The first-order valence-electron chi connectivity index (χ1n) is 5.44. The van der Waals surface area contributed by atoms with E-state index in [-0.39, 0.29) is 0 Å². The van der Waals surface area contributed by atoms with Gasteiger partial charge in [-0.15, -0.1) is 0 Å². The fourth-order valence-electron chi connectivity index (χ4n) is 2.01. The van der Waals surface area contributed by atoms with Crippen LogP contribution in [0, 0.1) is 5.92 Å². The average molecular weight is 197 g/mol. The molecular weight excluding hydrogens is 178 g/mol. The second kappa shape index (κ2) is 4.52. The van der Waals surface area contributed by atoms with Crippen molar-refractivity contribution in [1.29, 1.82) is 0 Å². The molecule has 0 amide bonds. The maximum atomic E-state index is 2.55. The van der Waals surface area contributed by atoms with E-state index in [1.807, 2.05) is 0 Å². The molecule has 0 aromatic heterocycles. The Labute approximate surface area is 85.7 Å². The molecule has 74 valence electrons. The van der Waals surface area contributed by atoms with Crippen LogP contribution in [-0.4, -0.2) is 22.6 Å². The number of rotatable bonds is 2. The van der Waals surface area contributed by atoms with Gasteiger partial charge in [0.15, 0.2) is 0 Å². The molecule has 1 nitrogen and oxygen atoms in total. The molecule has 2 heteroatoms. The Morgan fingerprint density at radius 3 is 2.54 bits per heavy atom. The van der Waals surface area contributed by atoms with Crippen LogP contribution in [0.3, 0.4) is 0 Å². The molecule has 0 aromatic carbocycles. The van der Waals surface area contributed by atoms with E-state index in [1.54, 1.807) is 0 Å². The zero-order valence-electron chi connectivity index (χ0n) is 8.41. The van der Waals surface area contributed by atoms with Crippen LogP contribution < -0.4 is 0 Å². The number of nitrogens with zero attached hydrogens (tertiary/aromatic N) is 1. The summed E-state index contributed by atoms with van der Waals surface area (Å²) < 4.78 is 2.55. The van der Waals surface area contributed by atoms with E-state index >= 15 is 0 Å². The lowest BCUT2D eigenvalue weighted by atomic mass is 9.98. The Morgan fingerprint density at radius 1 is 1.15 bits per heavy atom. The minimum atomic E-state index is 0.772. The largest absolute Gasteiger partial charge is 0.250 e. The van der Waals surface area contributed by atoms with Gasteiger partial charge in [0.05, 0.1) is 0 Å². The quantitative estimate of drug-likeness (QED) is 0.494. The van der Waals surface area contributed by atoms with Crippen molar-refractivity contribution in [1.82, 2.24) is 4.31 Å². The second-order valence-corrected chi connectivity index (χ2v) is 5.55. The van der Waals surface area contributed by atoms with Crippen LogP contribution in [0.1, 0.15) is 32.6 Å². The van der Waals surface area contributed by atoms with Crippen LogP contribution in [0.4, 0.5) is 0 Å². The molecule has 1 unspecified atom stereocenters. The molecule has 0 aromatic rings. The average Bonchev–Trinajstić information content (AvgIpc) is 2.62. The molecule has 0 radical (unpaired) electrons. The molecule has 1 fully saturated rings. The molecule has 0 bridgehead atoms. The summed E-state index contributed by atoms with van der Waals surface area (Å²) >= 11 is 2.08. The van der Waals surface area contributed by atoms with Crippen LogP contribution in [0.5, 0.6) is 0 Å². The van der Waals surface area contributed by atoms with Gasteiger partial charge in [0.25, 0.3) is 0 Å². The third-order valence-electron chi connectivity index (χ3n) is 2.91. The third kappa shape index (κ3) is 2.75. The Kier molecular flexibility index (Phi) is 3.33. The molecule has 1 heterocycles. The lowest BCUT2D eigenvalue weighted by molar-refractivity contribution is 0.558. The Bertz CT molecular complexity index is 185. The van der Waals surface area contributed by atoms with Crippen molar-refractivity contribution in [3.8, 4) is 0 Å². The molecule has 1 aliphatic carbocycles. The lowest BCUT2D eigenvalue weighted by Gasteiger charge is -2.24. The minimum Gasteiger partial charge on any atom is -0.250 e. The summed E-state index contributed by atoms with van der Waals surface area (Å²) in [6.45, 7) is 4.93. The molecule has 13 heavy (non-hydrogen) atoms. The van der Waals surface area contributed by atoms with Gasteiger partial charge in [-0.1, -0.05) is 31.0 Å². The van der Waals surface area contributed by atoms with Crippen LogP contribution in [0.15, 0.2) is 12.2 Å². The smallest absolute Gasteiger partial charge is 0.0375 e. The van der Waals surface area contributed by atoms with Gasteiger partial charge in [0.2, 0.25) is 0 Å². The van der Waals surface area contributed by atoms with Crippen molar-refractivity contribution < 1.29 is 0 Å². The normalized spacial score (nSPS) is 35.5. The van der Waals surface area contributed by atoms with Gasteiger partial charge in [0.1, 0.15) is 0 Å². The van der Waals surface area contributed by atoms with Gasteiger partial charge < -0.3 is 0 Å². The topological polar surface area (TPSA) is 3.24 Å². The lowest BCUT2D eigenvalue weighted by Crippen LogP contribution is -2.17. The van der Waals surface area contributed by atoms with Gasteiger partial charge in [-0.2, -0.15) is 0 Å². The highest BCUT2D eigenvalue weighted by atomic mass is 32.2. The van der Waals surface area contributed by atoms with Crippen molar-refractivity contribution in [3.63, 3.8) is 0 Å². The summed E-state index contributed by atoms with van der Waals surface area (Å²) in [7, 11) is 0. The standard InChI is InChI=1S/C11H19NS/c1-10-4-6-11(7-5-10)13-12-8-2-3-9-12/h4,6,10-11H,2-3,5,7-9H2,1H3/t10-,11?/m0/s1. The summed E-state index contributed by atoms with van der Waals surface area (Å²) in [5, 5.41) is 0.772. The summed E-state index contributed by atoms with van der Waals surface area (Å²) in [5.74, 6) is 0.815. The van der Waals surface area contributed by atoms with Gasteiger partial charge >= 0.3 is 0 Å². The minimum absolute atomic E-state index is 0.772. The fraction of sp³-hybridized carbons (Fsp3) is 0.818. The first kappa shape index (κ1) is 9.60. The van der Waals surface area contributed by atoms with Gasteiger partial charge in [0, 0.05) is 18.3 Å². The Balaban J connectivity index is 1.78. The fourth-order valence-corrected chi connectivity index (χ4v) is 3.26. The second-order valence-electron chi connectivity index (χ2n) is 4.22. The first-order valence-corrected chi connectivity index (χ1v) is 6.28. The molecule has 2 rings (SSSR count). The van der Waals surface area contributed by atoms with Gasteiger partial charge in [-0.25, -0.2) is 0 Å². The summed E-state index contributed by atoms with van der Waals surface area (Å²) in [6.07, 6.45) is 10.4. The Morgan fingerprint density at radius 2 is 1.92 bits per heavy atom. The van der Waals surface area contributed by atoms with Crippen LogP contribution in [0.25, 0.3) is 0 Å². The van der Waals surface area contributed by atoms with Crippen molar-refractivity contribution in [2.75, 3.05) is 13.1 Å². The monoisotopic (exact) mass is 197 g/mol. The molecule has 0 spiro atoms. The predicted molar refractivity (Wildman–Crippen MR) is 59.7 cm³/mol. The highest BCUT2D eigenvalue weighted by molar-refractivity contribution is 7.97. The maximum absolute atomic E-state index is 2.55. The molecule has 1 saturated heterocycles. The van der Waals surface area contributed by atoms with Crippen molar-refractivity contribution in [2.45, 2.75) is 37.9 Å². The highest BCUT2D eigenvalue weighted by Crippen LogP contribution is 2.30. The number of allylic oxidation sites excluding steroid dienone is 1. The van der Waals surface area contributed by atoms with Gasteiger partial charge in [-0.05, 0) is 31.6 Å². The van der Waals surface area contributed by atoms with E-state index in [4.69, 9.17) is 0 Å². The SMILES string of the molecule is C[C@H]1C=CC(SN2CCCC2)CC1. The van der Waals surface area contributed by atoms with Crippen LogP contribution >= 0.6 is 11.9 Å². The van der Waals surface area contributed by atoms with E-state index in [2.05, 4.69) is 35.3 Å². The summed E-state index contributed by atoms with van der Waals surface area (Å²) in [6, 6.07) is 0. The zero-order valence-corrected chi connectivity index (χ0v) is 9.22. The van der Waals surface area contributed by atoms with Crippen molar-refractivity contribution in [3.05, 3.63) is 12.2 Å². The number of hydrogen-bond donors (Lipinski definition) is 0. The van der Waals surface area contributed by atoms with Gasteiger partial charge in [-0.3, -0.25) is 4.31 Å². The van der Waals surface area contributed by atoms with Crippen molar-refractivity contribution >= 4 is 11.9 Å². The predicted octanol–water partition coefficient (Wildman–Crippen LogP) is 3.09. The van der Waals surface area contributed by atoms with E-state index in [0.717, 1.165) is 11.2 Å². The third-order valence-corrected chi connectivity index (χ3v) is 4.24. The molecule has 0 saturated carbocycles. The van der Waals surface area contributed by atoms with E-state index in [0.29, 0.717) is 0 Å².